The van der Waals surface area contributed by atoms with Gasteiger partial charge in [0.1, 0.15) is 11.2 Å². The molecule has 2 rings (SSSR count). The Morgan fingerprint density at radius 1 is 1.50 bits per heavy atom. The van der Waals surface area contributed by atoms with Crippen LogP contribution >= 0.6 is 11.6 Å². The van der Waals surface area contributed by atoms with Crippen molar-refractivity contribution in [1.29, 1.82) is 0 Å². The highest BCUT2D eigenvalue weighted by Crippen LogP contribution is 2.22. The van der Waals surface area contributed by atoms with Crippen LogP contribution in [0.4, 0.5) is 0 Å². The van der Waals surface area contributed by atoms with Gasteiger partial charge in [0, 0.05) is 26.3 Å². The third-order valence-corrected chi connectivity index (χ3v) is 3.49. The lowest BCUT2D eigenvalue weighted by Gasteiger charge is -2.41. The van der Waals surface area contributed by atoms with E-state index in [1.54, 1.807) is 42.6 Å². The van der Waals surface area contributed by atoms with E-state index in [0.717, 1.165) is 0 Å². The Balaban J connectivity index is 2.33. The van der Waals surface area contributed by atoms with Crippen LogP contribution in [0.3, 0.4) is 0 Å². The molecule has 0 spiro atoms. The smallest absolute Gasteiger partial charge is 0.271 e. The first-order valence-corrected chi connectivity index (χ1v) is 6.14. The summed E-state index contributed by atoms with van der Waals surface area (Å²) < 4.78 is 1.67. The molecule has 0 aromatic carbocycles. The Bertz CT molecular complexity index is 507. The van der Waals surface area contributed by atoms with Crippen LogP contribution in [0, 0.1) is 0 Å². The summed E-state index contributed by atoms with van der Waals surface area (Å²) in [6, 6.07) is 1.62. The predicted molar refractivity (Wildman–Crippen MR) is 68.5 cm³/mol. The second-order valence-electron chi connectivity index (χ2n) is 4.93. The van der Waals surface area contributed by atoms with Crippen molar-refractivity contribution >= 4 is 23.4 Å². The fourth-order valence-corrected chi connectivity index (χ4v) is 2.38. The standard InChI is InChI=1S/C12H16ClN3O2/c1-12(2)11(18)14-4-5-16(12)10(17)9-6-8(13)7-15(9)3/h6-7H,4-5H2,1-3H3,(H,14,18). The van der Waals surface area contributed by atoms with Crippen LogP contribution in [0.15, 0.2) is 12.3 Å². The Hall–Kier alpha value is -1.49. The molecule has 0 atom stereocenters. The molecule has 1 N–H and O–H groups in total. The normalized spacial score (nSPS) is 18.7. The first kappa shape index (κ1) is 13.0. The van der Waals surface area contributed by atoms with Gasteiger partial charge in [0.05, 0.1) is 5.02 Å². The number of carbonyl (C=O) groups excluding carboxylic acids is 2. The summed E-state index contributed by atoms with van der Waals surface area (Å²) in [5, 5.41) is 3.28. The number of piperazine rings is 1. The molecule has 2 heterocycles. The maximum absolute atomic E-state index is 12.5. The molecule has 1 aliphatic rings. The summed E-state index contributed by atoms with van der Waals surface area (Å²) >= 11 is 5.88. The molecule has 5 nitrogen and oxygen atoms in total. The number of nitrogens with one attached hydrogen (secondary N) is 1. The fourth-order valence-electron chi connectivity index (χ4n) is 2.13. The largest absolute Gasteiger partial charge is 0.352 e. The van der Waals surface area contributed by atoms with Crippen molar-refractivity contribution in [2.75, 3.05) is 13.1 Å². The topological polar surface area (TPSA) is 54.3 Å². The van der Waals surface area contributed by atoms with Gasteiger partial charge in [-0.1, -0.05) is 11.6 Å². The highest BCUT2D eigenvalue weighted by Gasteiger charge is 2.41. The number of aromatic nitrogens is 1. The first-order valence-electron chi connectivity index (χ1n) is 5.76. The Morgan fingerprint density at radius 2 is 2.17 bits per heavy atom. The van der Waals surface area contributed by atoms with Crippen LogP contribution in [0.1, 0.15) is 24.3 Å². The number of nitrogens with zero attached hydrogens (tertiary/aromatic N) is 2. The molecule has 0 radical (unpaired) electrons. The molecule has 98 valence electrons. The van der Waals surface area contributed by atoms with Gasteiger partial charge in [0.25, 0.3) is 5.91 Å². The maximum atomic E-state index is 12.5. The number of rotatable bonds is 1. The summed E-state index contributed by atoms with van der Waals surface area (Å²) in [7, 11) is 1.76. The van der Waals surface area contributed by atoms with E-state index in [1.807, 2.05) is 0 Å². The molecule has 0 bridgehead atoms. The van der Waals surface area contributed by atoms with Crippen molar-refractivity contribution in [1.82, 2.24) is 14.8 Å². The lowest BCUT2D eigenvalue weighted by atomic mass is 9.98. The van der Waals surface area contributed by atoms with E-state index < -0.39 is 5.54 Å². The molecule has 18 heavy (non-hydrogen) atoms. The van der Waals surface area contributed by atoms with Gasteiger partial charge in [0.15, 0.2) is 0 Å². The zero-order valence-corrected chi connectivity index (χ0v) is 11.4. The van der Waals surface area contributed by atoms with Gasteiger partial charge in [-0.3, -0.25) is 9.59 Å². The van der Waals surface area contributed by atoms with Crippen molar-refractivity contribution in [2.24, 2.45) is 7.05 Å². The lowest BCUT2D eigenvalue weighted by molar-refractivity contribution is -0.133. The van der Waals surface area contributed by atoms with Crippen LogP contribution in [0.2, 0.25) is 5.02 Å². The summed E-state index contributed by atoms with van der Waals surface area (Å²) in [6.45, 7) is 4.46. The average Bonchev–Trinajstić information content (AvgIpc) is 2.61. The Labute approximate surface area is 111 Å². The van der Waals surface area contributed by atoms with E-state index in [-0.39, 0.29) is 11.8 Å². The third-order valence-electron chi connectivity index (χ3n) is 3.29. The van der Waals surface area contributed by atoms with Gasteiger partial charge in [0.2, 0.25) is 5.91 Å². The molecule has 0 saturated carbocycles. The van der Waals surface area contributed by atoms with E-state index in [4.69, 9.17) is 11.6 Å². The van der Waals surface area contributed by atoms with Crippen molar-refractivity contribution in [3.05, 3.63) is 23.0 Å². The predicted octanol–water partition coefficient (Wildman–Crippen LogP) is 1.03. The number of aryl methyl sites for hydroxylation is 1. The second kappa shape index (κ2) is 4.31. The van der Waals surface area contributed by atoms with E-state index in [0.29, 0.717) is 23.8 Å². The monoisotopic (exact) mass is 269 g/mol. The van der Waals surface area contributed by atoms with Gasteiger partial charge >= 0.3 is 0 Å². The summed E-state index contributed by atoms with van der Waals surface area (Å²) in [5.74, 6) is -0.313. The van der Waals surface area contributed by atoms with Crippen LogP contribution in [0.25, 0.3) is 0 Å². The van der Waals surface area contributed by atoms with Crippen molar-refractivity contribution in [3.63, 3.8) is 0 Å². The van der Waals surface area contributed by atoms with Gasteiger partial charge in [-0.15, -0.1) is 0 Å². The highest BCUT2D eigenvalue weighted by molar-refractivity contribution is 6.31. The van der Waals surface area contributed by atoms with E-state index in [2.05, 4.69) is 5.32 Å². The van der Waals surface area contributed by atoms with Crippen LogP contribution < -0.4 is 5.32 Å². The van der Waals surface area contributed by atoms with Gasteiger partial charge < -0.3 is 14.8 Å². The molecule has 0 aliphatic carbocycles. The average molecular weight is 270 g/mol. The fraction of sp³-hybridized carbons (Fsp3) is 0.500. The van der Waals surface area contributed by atoms with Crippen molar-refractivity contribution in [2.45, 2.75) is 19.4 Å². The van der Waals surface area contributed by atoms with Gasteiger partial charge in [-0.25, -0.2) is 0 Å². The van der Waals surface area contributed by atoms with E-state index in [9.17, 15) is 9.59 Å². The maximum Gasteiger partial charge on any atom is 0.271 e. The number of hydrogen-bond acceptors (Lipinski definition) is 2. The molecule has 1 aliphatic heterocycles. The molecule has 2 amide bonds. The van der Waals surface area contributed by atoms with E-state index in [1.165, 1.54) is 0 Å². The number of amides is 2. The second-order valence-corrected chi connectivity index (χ2v) is 5.36. The summed E-state index contributed by atoms with van der Waals surface area (Å²) in [4.78, 5) is 25.9. The molecule has 1 aromatic rings. The zero-order valence-electron chi connectivity index (χ0n) is 10.7. The SMILES string of the molecule is Cn1cc(Cl)cc1C(=O)N1CCNC(=O)C1(C)C. The minimum Gasteiger partial charge on any atom is -0.352 e. The molecule has 1 fully saturated rings. The molecule has 6 heteroatoms. The first-order chi connectivity index (χ1) is 8.34. The van der Waals surface area contributed by atoms with Crippen LogP contribution in [-0.2, 0) is 11.8 Å². The molecule has 1 saturated heterocycles. The minimum absolute atomic E-state index is 0.137. The number of hydrogen-bond donors (Lipinski definition) is 1. The van der Waals surface area contributed by atoms with Crippen molar-refractivity contribution in [3.8, 4) is 0 Å². The number of carbonyl (C=O) groups is 2. The molecular weight excluding hydrogens is 254 g/mol. The van der Waals surface area contributed by atoms with Gasteiger partial charge in [-0.05, 0) is 19.9 Å². The highest BCUT2D eigenvalue weighted by atomic mass is 35.5. The minimum atomic E-state index is -0.841. The zero-order chi connectivity index (χ0) is 13.5. The summed E-state index contributed by atoms with van der Waals surface area (Å²) in [5.41, 5.74) is -0.353. The number of halogens is 1. The van der Waals surface area contributed by atoms with Crippen LogP contribution in [-0.4, -0.2) is 39.9 Å². The molecule has 0 unspecified atom stereocenters. The van der Waals surface area contributed by atoms with E-state index >= 15 is 0 Å². The Morgan fingerprint density at radius 3 is 2.72 bits per heavy atom. The van der Waals surface area contributed by atoms with Gasteiger partial charge in [-0.2, -0.15) is 0 Å². The van der Waals surface area contributed by atoms with Crippen molar-refractivity contribution < 1.29 is 9.59 Å². The van der Waals surface area contributed by atoms with Crippen LogP contribution in [0.5, 0.6) is 0 Å². The molecular formula is C12H16ClN3O2. The quantitative estimate of drug-likeness (QED) is 0.828. The Kier molecular flexibility index (Phi) is 3.11. The lowest BCUT2D eigenvalue weighted by Crippen LogP contribution is -2.63. The molecule has 1 aromatic heterocycles. The summed E-state index contributed by atoms with van der Waals surface area (Å²) in [6.07, 6.45) is 1.67. The third kappa shape index (κ3) is 1.99.